The number of anilines is 2. The van der Waals surface area contributed by atoms with E-state index in [-0.39, 0.29) is 5.91 Å². The Morgan fingerprint density at radius 3 is 2.76 bits per heavy atom. The van der Waals surface area contributed by atoms with Gasteiger partial charge in [0.05, 0.1) is 22.3 Å². The Labute approximate surface area is 178 Å². The van der Waals surface area contributed by atoms with Gasteiger partial charge in [0.1, 0.15) is 12.1 Å². The molecule has 0 bridgehead atoms. The van der Waals surface area contributed by atoms with E-state index in [0.717, 1.165) is 43.0 Å². The monoisotopic (exact) mass is 433 g/mol. The molecule has 1 aromatic carbocycles. The summed E-state index contributed by atoms with van der Waals surface area (Å²) in [5, 5.41) is 9.07. The summed E-state index contributed by atoms with van der Waals surface area (Å²) >= 11 is 12.1. The topological polar surface area (TPSA) is 79.2 Å². The number of halogens is 2. The van der Waals surface area contributed by atoms with Gasteiger partial charge in [0, 0.05) is 51.2 Å². The normalized spacial score (nSPS) is 15.1. The number of aromatic nitrogens is 4. The highest BCUT2D eigenvalue weighted by molar-refractivity contribution is 6.35. The van der Waals surface area contributed by atoms with Gasteiger partial charge in [0.2, 0.25) is 5.91 Å². The molecule has 10 heteroatoms. The molecule has 8 nitrogen and oxygen atoms in total. The van der Waals surface area contributed by atoms with E-state index in [4.69, 9.17) is 23.2 Å². The Balaban J connectivity index is 1.30. The van der Waals surface area contributed by atoms with E-state index in [1.165, 1.54) is 0 Å². The van der Waals surface area contributed by atoms with Gasteiger partial charge in [-0.05, 0) is 18.2 Å². The molecule has 1 aliphatic heterocycles. The lowest BCUT2D eigenvalue weighted by Crippen LogP contribution is -2.47. The number of piperazine rings is 1. The van der Waals surface area contributed by atoms with Crippen molar-refractivity contribution in [2.75, 3.05) is 42.9 Å². The van der Waals surface area contributed by atoms with Crippen molar-refractivity contribution in [2.24, 2.45) is 7.05 Å². The number of rotatable bonds is 5. The lowest BCUT2D eigenvalue weighted by molar-refractivity contribution is -0.116. The molecule has 0 radical (unpaired) electrons. The van der Waals surface area contributed by atoms with Gasteiger partial charge in [-0.15, -0.1) is 0 Å². The maximum atomic E-state index is 12.3. The predicted octanol–water partition coefficient (Wildman–Crippen LogP) is 2.82. The van der Waals surface area contributed by atoms with Crippen LogP contribution in [0, 0.1) is 0 Å². The number of nitrogens with zero attached hydrogens (tertiary/aromatic N) is 6. The van der Waals surface area contributed by atoms with Gasteiger partial charge in [-0.3, -0.25) is 14.4 Å². The van der Waals surface area contributed by atoms with Gasteiger partial charge in [0.25, 0.3) is 0 Å². The van der Waals surface area contributed by atoms with Crippen molar-refractivity contribution in [3.63, 3.8) is 0 Å². The Kier molecular flexibility index (Phi) is 5.84. The third-order valence-electron chi connectivity index (χ3n) is 5.04. The van der Waals surface area contributed by atoms with Crippen LogP contribution in [0.25, 0.3) is 11.0 Å². The average Bonchev–Trinajstić information content (AvgIpc) is 3.11. The van der Waals surface area contributed by atoms with E-state index in [1.54, 1.807) is 29.2 Å². The van der Waals surface area contributed by atoms with Crippen molar-refractivity contribution >= 4 is 51.6 Å². The highest BCUT2D eigenvalue weighted by atomic mass is 35.5. The summed E-state index contributed by atoms with van der Waals surface area (Å²) in [6.45, 7) is 4.07. The van der Waals surface area contributed by atoms with E-state index in [0.29, 0.717) is 28.7 Å². The number of amides is 1. The van der Waals surface area contributed by atoms with Crippen molar-refractivity contribution in [1.82, 2.24) is 24.6 Å². The van der Waals surface area contributed by atoms with Crippen LogP contribution in [0.4, 0.5) is 11.5 Å². The summed E-state index contributed by atoms with van der Waals surface area (Å²) in [6, 6.07) is 5.02. The number of carbonyl (C=O) groups is 1. The zero-order chi connectivity index (χ0) is 20.4. The first-order valence-corrected chi connectivity index (χ1v) is 10.1. The minimum atomic E-state index is -0.0792. The molecule has 0 aliphatic carbocycles. The number of aryl methyl sites for hydroxylation is 1. The van der Waals surface area contributed by atoms with E-state index < -0.39 is 0 Å². The van der Waals surface area contributed by atoms with Gasteiger partial charge in [0.15, 0.2) is 5.65 Å². The van der Waals surface area contributed by atoms with Crippen LogP contribution >= 0.6 is 23.2 Å². The van der Waals surface area contributed by atoms with Gasteiger partial charge in [-0.2, -0.15) is 5.10 Å². The van der Waals surface area contributed by atoms with E-state index in [2.05, 4.69) is 30.2 Å². The van der Waals surface area contributed by atoms with Crippen molar-refractivity contribution < 1.29 is 4.79 Å². The lowest BCUT2D eigenvalue weighted by Gasteiger charge is -2.35. The molecule has 0 saturated carbocycles. The van der Waals surface area contributed by atoms with Crippen LogP contribution in [-0.4, -0.2) is 63.3 Å². The smallest absolute Gasteiger partial charge is 0.225 e. The Morgan fingerprint density at radius 1 is 1.17 bits per heavy atom. The number of fused-ring (bicyclic) bond motifs is 1. The average molecular weight is 434 g/mol. The molecule has 0 atom stereocenters. The van der Waals surface area contributed by atoms with Crippen molar-refractivity contribution in [3.05, 3.63) is 40.8 Å². The van der Waals surface area contributed by atoms with Crippen LogP contribution in [0.1, 0.15) is 6.42 Å². The molecule has 4 rings (SSSR count). The maximum Gasteiger partial charge on any atom is 0.225 e. The number of carbonyl (C=O) groups excluding carboxylic acids is 1. The van der Waals surface area contributed by atoms with Crippen LogP contribution in [0.15, 0.2) is 30.7 Å². The number of hydrogen-bond acceptors (Lipinski definition) is 6. The highest BCUT2D eigenvalue weighted by Gasteiger charge is 2.21. The molecule has 3 aromatic rings. The predicted molar refractivity (Wildman–Crippen MR) is 115 cm³/mol. The summed E-state index contributed by atoms with van der Waals surface area (Å²) in [6.07, 6.45) is 3.78. The first kappa shape index (κ1) is 19.9. The lowest BCUT2D eigenvalue weighted by atomic mass is 10.2. The van der Waals surface area contributed by atoms with E-state index in [1.807, 2.05) is 13.2 Å². The SMILES string of the molecule is Cn1ncc2c(N3CCN(CCC(=O)Nc4cc(Cl)ccc4Cl)CC3)ncnc21. The fourth-order valence-electron chi connectivity index (χ4n) is 3.45. The highest BCUT2D eigenvalue weighted by Crippen LogP contribution is 2.26. The fraction of sp³-hybridized carbons (Fsp3) is 0.368. The maximum absolute atomic E-state index is 12.3. The minimum Gasteiger partial charge on any atom is -0.353 e. The molecule has 1 amide bonds. The second kappa shape index (κ2) is 8.52. The summed E-state index contributed by atoms with van der Waals surface area (Å²) in [4.78, 5) is 25.6. The summed E-state index contributed by atoms with van der Waals surface area (Å²) in [5.74, 6) is 0.834. The first-order chi connectivity index (χ1) is 14.0. The molecule has 0 spiro atoms. The number of benzene rings is 1. The van der Waals surface area contributed by atoms with Crippen molar-refractivity contribution in [1.29, 1.82) is 0 Å². The van der Waals surface area contributed by atoms with Crippen LogP contribution < -0.4 is 10.2 Å². The summed E-state index contributed by atoms with van der Waals surface area (Å²) in [7, 11) is 1.87. The molecule has 1 aliphatic rings. The van der Waals surface area contributed by atoms with Crippen LogP contribution in [0.3, 0.4) is 0 Å². The second-order valence-electron chi connectivity index (χ2n) is 6.95. The molecule has 3 heterocycles. The number of hydrogen-bond donors (Lipinski definition) is 1. The van der Waals surface area contributed by atoms with E-state index in [9.17, 15) is 4.79 Å². The van der Waals surface area contributed by atoms with Crippen LogP contribution in [-0.2, 0) is 11.8 Å². The number of nitrogens with one attached hydrogen (secondary N) is 1. The molecular weight excluding hydrogens is 413 g/mol. The van der Waals surface area contributed by atoms with Gasteiger partial charge in [-0.25, -0.2) is 9.97 Å². The quantitative estimate of drug-likeness (QED) is 0.666. The molecular formula is C19H21Cl2N7O. The van der Waals surface area contributed by atoms with Gasteiger partial charge < -0.3 is 10.2 Å². The Morgan fingerprint density at radius 2 is 1.97 bits per heavy atom. The Hall–Kier alpha value is -2.42. The van der Waals surface area contributed by atoms with Gasteiger partial charge >= 0.3 is 0 Å². The minimum absolute atomic E-state index is 0.0792. The molecule has 0 unspecified atom stereocenters. The first-order valence-electron chi connectivity index (χ1n) is 9.36. The zero-order valence-corrected chi connectivity index (χ0v) is 17.5. The molecule has 2 aromatic heterocycles. The largest absolute Gasteiger partial charge is 0.353 e. The third-order valence-corrected chi connectivity index (χ3v) is 5.60. The molecule has 1 fully saturated rings. The Bertz CT molecular complexity index is 1030. The summed E-state index contributed by atoms with van der Waals surface area (Å²) < 4.78 is 1.75. The van der Waals surface area contributed by atoms with Crippen molar-refractivity contribution in [2.45, 2.75) is 6.42 Å². The zero-order valence-electron chi connectivity index (χ0n) is 16.0. The van der Waals surface area contributed by atoms with Crippen molar-refractivity contribution in [3.8, 4) is 0 Å². The molecule has 29 heavy (non-hydrogen) atoms. The molecule has 1 saturated heterocycles. The second-order valence-corrected chi connectivity index (χ2v) is 7.80. The van der Waals surface area contributed by atoms with Crippen LogP contribution in [0.2, 0.25) is 10.0 Å². The standard InChI is InChI=1S/C19H21Cl2N7O/c1-26-18-14(11-24-26)19(23-12-22-18)28-8-6-27(7-9-28)5-4-17(29)25-16-10-13(20)2-3-15(16)21/h2-3,10-12H,4-9H2,1H3,(H,25,29). The molecule has 152 valence electrons. The van der Waals surface area contributed by atoms with Gasteiger partial charge in [-0.1, -0.05) is 23.2 Å². The van der Waals surface area contributed by atoms with E-state index >= 15 is 0 Å². The fourth-order valence-corrected chi connectivity index (χ4v) is 3.79. The van der Waals surface area contributed by atoms with Crippen LogP contribution in [0.5, 0.6) is 0 Å². The molecule has 1 N–H and O–H groups in total. The third kappa shape index (κ3) is 4.44. The summed E-state index contributed by atoms with van der Waals surface area (Å²) in [5.41, 5.74) is 1.37.